The number of nitrogens with zero attached hydrogens (tertiary/aromatic N) is 1. The van der Waals surface area contributed by atoms with Crippen LogP contribution in [0.15, 0.2) is 21.5 Å². The molecule has 4 heteroatoms. The van der Waals surface area contributed by atoms with E-state index in [9.17, 15) is 4.79 Å². The van der Waals surface area contributed by atoms with Crippen LogP contribution < -0.4 is 0 Å². The van der Waals surface area contributed by atoms with Gasteiger partial charge in [0.1, 0.15) is 0 Å². The maximum absolute atomic E-state index is 11.2. The SMILES string of the molecule is CCOC(=O)C(C#N)=Cc1cc[se]c1. The molecule has 3 nitrogen and oxygen atoms in total. The number of rotatable bonds is 3. The third-order valence-corrected chi connectivity index (χ3v) is 2.94. The predicted molar refractivity (Wildman–Crippen MR) is 53.6 cm³/mol. The monoisotopic (exact) mass is 255 g/mol. The van der Waals surface area contributed by atoms with Gasteiger partial charge in [0, 0.05) is 0 Å². The van der Waals surface area contributed by atoms with Gasteiger partial charge in [-0.05, 0) is 0 Å². The summed E-state index contributed by atoms with van der Waals surface area (Å²) >= 11 is 0.362. The Kier molecular flexibility index (Phi) is 4.18. The average Bonchev–Trinajstić information content (AvgIpc) is 2.66. The third kappa shape index (κ3) is 2.88. The fraction of sp³-hybridized carbons (Fsp3) is 0.200. The molecule has 1 rings (SSSR count). The van der Waals surface area contributed by atoms with Gasteiger partial charge >= 0.3 is 88.0 Å². The van der Waals surface area contributed by atoms with Gasteiger partial charge in [0.25, 0.3) is 0 Å². The van der Waals surface area contributed by atoms with Crippen molar-refractivity contribution in [3.8, 4) is 6.07 Å². The van der Waals surface area contributed by atoms with Gasteiger partial charge < -0.3 is 0 Å². The van der Waals surface area contributed by atoms with Gasteiger partial charge in [-0.15, -0.1) is 0 Å². The molecule has 0 radical (unpaired) electrons. The summed E-state index contributed by atoms with van der Waals surface area (Å²) in [6, 6.07) is 3.73. The van der Waals surface area contributed by atoms with Crippen molar-refractivity contribution in [2.24, 2.45) is 0 Å². The summed E-state index contributed by atoms with van der Waals surface area (Å²) in [5, 5.41) is 8.72. The molecule has 72 valence electrons. The van der Waals surface area contributed by atoms with Crippen LogP contribution in [0.25, 0.3) is 6.08 Å². The molecule has 1 aromatic heterocycles. The first-order valence-electron chi connectivity index (χ1n) is 4.09. The summed E-state index contributed by atoms with van der Waals surface area (Å²) in [5.41, 5.74) is 0.968. The van der Waals surface area contributed by atoms with E-state index in [0.717, 1.165) is 5.56 Å². The molecule has 0 saturated carbocycles. The number of nitriles is 1. The van der Waals surface area contributed by atoms with Crippen LogP contribution in [-0.4, -0.2) is 27.1 Å². The van der Waals surface area contributed by atoms with E-state index in [1.807, 2.05) is 22.0 Å². The second kappa shape index (κ2) is 5.43. The van der Waals surface area contributed by atoms with E-state index >= 15 is 0 Å². The van der Waals surface area contributed by atoms with E-state index in [1.165, 1.54) is 0 Å². The summed E-state index contributed by atoms with van der Waals surface area (Å²) in [6.45, 7) is 2.00. The van der Waals surface area contributed by atoms with E-state index in [4.69, 9.17) is 10.00 Å². The first-order valence-corrected chi connectivity index (χ1v) is 6.07. The van der Waals surface area contributed by atoms with E-state index in [-0.39, 0.29) is 12.2 Å². The van der Waals surface area contributed by atoms with Crippen molar-refractivity contribution < 1.29 is 9.53 Å². The Bertz CT molecular complexity index is 373. The van der Waals surface area contributed by atoms with Crippen molar-refractivity contribution in [3.63, 3.8) is 0 Å². The first kappa shape index (κ1) is 10.8. The normalized spacial score (nSPS) is 10.7. The number of carbonyl (C=O) groups is 1. The molecule has 0 amide bonds. The molecule has 0 aliphatic heterocycles. The molecule has 0 fully saturated rings. The molecule has 0 aromatic carbocycles. The van der Waals surface area contributed by atoms with Crippen LogP contribution in [0.3, 0.4) is 0 Å². The van der Waals surface area contributed by atoms with Crippen molar-refractivity contribution >= 4 is 26.5 Å². The van der Waals surface area contributed by atoms with Crippen molar-refractivity contribution in [1.82, 2.24) is 0 Å². The molecule has 0 unspecified atom stereocenters. The second-order valence-corrected chi connectivity index (χ2v) is 4.08. The van der Waals surface area contributed by atoms with Crippen LogP contribution in [0.4, 0.5) is 0 Å². The Morgan fingerprint density at radius 2 is 2.57 bits per heavy atom. The molecular weight excluding hydrogens is 245 g/mol. The van der Waals surface area contributed by atoms with Gasteiger partial charge in [-0.1, -0.05) is 0 Å². The summed E-state index contributed by atoms with van der Waals surface area (Å²) in [6.07, 6.45) is 1.56. The average molecular weight is 254 g/mol. The van der Waals surface area contributed by atoms with Gasteiger partial charge in [0.15, 0.2) is 0 Å². The molecule has 0 spiro atoms. The Morgan fingerprint density at radius 1 is 1.79 bits per heavy atom. The van der Waals surface area contributed by atoms with Gasteiger partial charge in [-0.25, -0.2) is 0 Å². The van der Waals surface area contributed by atoms with Gasteiger partial charge in [0.05, 0.1) is 0 Å². The fourth-order valence-corrected chi connectivity index (χ4v) is 2.17. The topological polar surface area (TPSA) is 50.1 Å². The molecular formula is C10H9NO2Se. The Balaban J connectivity index is 2.83. The van der Waals surface area contributed by atoms with E-state index in [2.05, 4.69) is 0 Å². The zero-order chi connectivity index (χ0) is 10.4. The number of hydrogen-bond donors (Lipinski definition) is 0. The fourth-order valence-electron chi connectivity index (χ4n) is 0.869. The summed E-state index contributed by atoms with van der Waals surface area (Å²) in [7, 11) is 0. The molecule has 1 heterocycles. The Hall–Kier alpha value is -1.30. The minimum atomic E-state index is -0.552. The zero-order valence-corrected chi connectivity index (χ0v) is 9.40. The molecule has 0 N–H and O–H groups in total. The van der Waals surface area contributed by atoms with Crippen LogP contribution in [0, 0.1) is 11.3 Å². The molecule has 0 bridgehead atoms. The second-order valence-electron chi connectivity index (χ2n) is 2.45. The van der Waals surface area contributed by atoms with Gasteiger partial charge in [0.2, 0.25) is 0 Å². The van der Waals surface area contributed by atoms with Gasteiger partial charge in [-0.3, -0.25) is 0 Å². The molecule has 0 aliphatic carbocycles. The number of hydrogen-bond acceptors (Lipinski definition) is 3. The number of carbonyl (C=O) groups excluding carboxylic acids is 1. The van der Waals surface area contributed by atoms with Crippen molar-refractivity contribution in [2.45, 2.75) is 6.92 Å². The van der Waals surface area contributed by atoms with Crippen LogP contribution >= 0.6 is 0 Å². The summed E-state index contributed by atoms with van der Waals surface area (Å²) < 4.78 is 4.73. The Labute approximate surface area is 88.4 Å². The van der Waals surface area contributed by atoms with E-state index in [1.54, 1.807) is 13.0 Å². The van der Waals surface area contributed by atoms with Gasteiger partial charge in [-0.2, -0.15) is 0 Å². The maximum atomic E-state index is 11.2. The molecule has 1 aromatic rings. The Morgan fingerprint density at radius 3 is 3.07 bits per heavy atom. The third-order valence-electron chi connectivity index (χ3n) is 1.47. The summed E-state index contributed by atoms with van der Waals surface area (Å²) in [4.78, 5) is 15.2. The molecule has 14 heavy (non-hydrogen) atoms. The van der Waals surface area contributed by atoms with E-state index < -0.39 is 5.97 Å². The predicted octanol–water partition coefficient (Wildman–Crippen LogP) is 1.21. The van der Waals surface area contributed by atoms with E-state index in [0.29, 0.717) is 14.5 Å². The molecule has 0 saturated heterocycles. The zero-order valence-electron chi connectivity index (χ0n) is 7.69. The van der Waals surface area contributed by atoms with Crippen LogP contribution in [0.1, 0.15) is 12.5 Å². The quantitative estimate of drug-likeness (QED) is 0.352. The summed E-state index contributed by atoms with van der Waals surface area (Å²) in [5.74, 6) is -0.552. The number of esters is 1. The van der Waals surface area contributed by atoms with Crippen molar-refractivity contribution in [3.05, 3.63) is 27.1 Å². The van der Waals surface area contributed by atoms with Crippen LogP contribution in [-0.2, 0) is 9.53 Å². The first-order chi connectivity index (χ1) is 6.77. The van der Waals surface area contributed by atoms with Crippen molar-refractivity contribution in [2.75, 3.05) is 6.61 Å². The molecule has 0 atom stereocenters. The molecule has 0 aliphatic rings. The minimum absolute atomic E-state index is 0.0560. The number of ether oxygens (including phenoxy) is 1. The standard InChI is InChI=1S/C10H9NO2Se/c1-2-13-10(12)9(6-11)5-8-3-4-14-7-8/h3-5,7H,2H2,1H3. The van der Waals surface area contributed by atoms with Crippen LogP contribution in [0.5, 0.6) is 0 Å². The van der Waals surface area contributed by atoms with Crippen LogP contribution in [0.2, 0.25) is 0 Å². The van der Waals surface area contributed by atoms with Crippen molar-refractivity contribution in [1.29, 1.82) is 5.26 Å².